The molecule has 0 saturated heterocycles. The summed E-state index contributed by atoms with van der Waals surface area (Å²) in [5.74, 6) is -0.517. The Morgan fingerprint density at radius 3 is 2.60 bits per heavy atom. The summed E-state index contributed by atoms with van der Waals surface area (Å²) < 4.78 is 6.02. The molecule has 0 atom stereocenters. The van der Waals surface area contributed by atoms with Crippen molar-refractivity contribution in [2.24, 2.45) is 0 Å². The smallest absolute Gasteiger partial charge is 0.337 e. The van der Waals surface area contributed by atoms with E-state index in [2.05, 4.69) is 15.9 Å². The van der Waals surface area contributed by atoms with Gasteiger partial charge in [-0.1, -0.05) is 11.6 Å². The number of carboxylic acid groups (broad SMARTS) is 1. The fraction of sp³-hybridized carbons (Fsp3) is 0.300. The monoisotopic (exact) mass is 292 g/mol. The molecule has 0 aromatic heterocycles. The molecular weight excluding hydrogens is 283 g/mol. The summed E-state index contributed by atoms with van der Waals surface area (Å²) in [6.45, 7) is 3.76. The van der Waals surface area contributed by atoms with Crippen LogP contribution in [-0.4, -0.2) is 17.2 Å². The topological polar surface area (TPSA) is 46.5 Å². The molecule has 0 aliphatic rings. The minimum Gasteiger partial charge on any atom is -0.490 e. The van der Waals surface area contributed by atoms with Crippen LogP contribution in [0.15, 0.2) is 16.6 Å². The average Bonchev–Trinajstić information content (AvgIpc) is 2.09. The second kappa shape index (κ2) is 4.86. The molecule has 0 radical (unpaired) electrons. The number of carbonyl (C=O) groups is 1. The molecule has 0 heterocycles. The Morgan fingerprint density at radius 2 is 2.13 bits per heavy atom. The number of aromatic carboxylic acids is 1. The minimum absolute atomic E-state index is 0.00745. The first-order valence-electron chi connectivity index (χ1n) is 4.30. The Morgan fingerprint density at radius 1 is 1.53 bits per heavy atom. The first-order chi connectivity index (χ1) is 6.91. The van der Waals surface area contributed by atoms with Crippen LogP contribution in [-0.2, 0) is 0 Å². The summed E-state index contributed by atoms with van der Waals surface area (Å²) in [6, 6.07) is 2.93. The quantitative estimate of drug-likeness (QED) is 0.926. The van der Waals surface area contributed by atoms with E-state index in [4.69, 9.17) is 21.4 Å². The highest BCUT2D eigenvalue weighted by molar-refractivity contribution is 9.10. The van der Waals surface area contributed by atoms with Crippen molar-refractivity contribution >= 4 is 33.5 Å². The molecule has 0 aliphatic heterocycles. The lowest BCUT2D eigenvalue weighted by atomic mass is 10.2. The Bertz CT molecular complexity index is 390. The summed E-state index contributed by atoms with van der Waals surface area (Å²) in [6.07, 6.45) is 0.00745. The van der Waals surface area contributed by atoms with Gasteiger partial charge in [0.2, 0.25) is 0 Å². The number of carboxylic acids is 1. The highest BCUT2D eigenvalue weighted by atomic mass is 79.9. The second-order valence-corrected chi connectivity index (χ2v) is 4.50. The molecule has 1 aromatic carbocycles. The fourth-order valence-electron chi connectivity index (χ4n) is 1.04. The van der Waals surface area contributed by atoms with Crippen LogP contribution in [0.3, 0.4) is 0 Å². The largest absolute Gasteiger partial charge is 0.490 e. The maximum absolute atomic E-state index is 10.8. The molecule has 1 rings (SSSR count). The first-order valence-corrected chi connectivity index (χ1v) is 5.48. The normalized spacial score (nSPS) is 10.5. The van der Waals surface area contributed by atoms with Crippen LogP contribution in [0.25, 0.3) is 0 Å². The summed E-state index contributed by atoms with van der Waals surface area (Å²) in [5.41, 5.74) is 0.0552. The highest BCUT2D eigenvalue weighted by Gasteiger charge is 2.13. The lowest BCUT2D eigenvalue weighted by Crippen LogP contribution is -2.07. The molecule has 1 aromatic rings. The van der Waals surface area contributed by atoms with E-state index in [0.29, 0.717) is 10.2 Å². The van der Waals surface area contributed by atoms with Crippen LogP contribution < -0.4 is 4.74 Å². The Balaban J connectivity index is 3.13. The van der Waals surface area contributed by atoms with Crippen molar-refractivity contribution in [3.05, 3.63) is 27.2 Å². The van der Waals surface area contributed by atoms with Gasteiger partial charge in [-0.2, -0.15) is 0 Å². The lowest BCUT2D eigenvalue weighted by Gasteiger charge is -2.12. The zero-order chi connectivity index (χ0) is 11.6. The molecule has 82 valence electrons. The van der Waals surface area contributed by atoms with E-state index in [9.17, 15) is 4.79 Å². The Labute approximate surface area is 101 Å². The fourth-order valence-corrected chi connectivity index (χ4v) is 1.71. The minimum atomic E-state index is -1.06. The van der Waals surface area contributed by atoms with Crippen LogP contribution in [0.5, 0.6) is 5.75 Å². The van der Waals surface area contributed by atoms with Gasteiger partial charge in [-0.15, -0.1) is 0 Å². The van der Waals surface area contributed by atoms with Gasteiger partial charge < -0.3 is 9.84 Å². The number of ether oxygens (including phenoxy) is 1. The SMILES string of the molecule is CC(C)Oc1cc(Cl)c(C(=O)O)cc1Br. The van der Waals surface area contributed by atoms with Crippen molar-refractivity contribution in [3.63, 3.8) is 0 Å². The third-order valence-electron chi connectivity index (χ3n) is 1.61. The van der Waals surface area contributed by atoms with Gasteiger partial charge in [0.05, 0.1) is 21.2 Å². The van der Waals surface area contributed by atoms with Crippen molar-refractivity contribution in [2.75, 3.05) is 0 Å². The van der Waals surface area contributed by atoms with Gasteiger partial charge in [-0.05, 0) is 35.8 Å². The molecule has 0 spiro atoms. The van der Waals surface area contributed by atoms with E-state index in [0.717, 1.165) is 0 Å². The molecule has 0 bridgehead atoms. The molecular formula is C10H10BrClO3. The number of hydrogen-bond donors (Lipinski definition) is 1. The van der Waals surface area contributed by atoms with Crippen LogP contribution >= 0.6 is 27.5 Å². The van der Waals surface area contributed by atoms with Gasteiger partial charge in [-0.25, -0.2) is 4.79 Å². The van der Waals surface area contributed by atoms with Gasteiger partial charge in [0.15, 0.2) is 0 Å². The third kappa shape index (κ3) is 3.11. The van der Waals surface area contributed by atoms with E-state index < -0.39 is 5.97 Å². The zero-order valence-electron chi connectivity index (χ0n) is 8.25. The summed E-state index contributed by atoms with van der Waals surface area (Å²) in [7, 11) is 0. The molecule has 1 N–H and O–H groups in total. The van der Waals surface area contributed by atoms with Crippen LogP contribution in [0.1, 0.15) is 24.2 Å². The first kappa shape index (κ1) is 12.3. The van der Waals surface area contributed by atoms with Gasteiger partial charge in [-0.3, -0.25) is 0 Å². The number of benzene rings is 1. The van der Waals surface area contributed by atoms with Gasteiger partial charge in [0, 0.05) is 6.07 Å². The van der Waals surface area contributed by atoms with Crippen LogP contribution in [0.4, 0.5) is 0 Å². The molecule has 0 unspecified atom stereocenters. The van der Waals surface area contributed by atoms with Crippen molar-refractivity contribution in [1.82, 2.24) is 0 Å². The molecule has 0 aliphatic carbocycles. The Hall–Kier alpha value is -0.740. The predicted octanol–water partition coefficient (Wildman–Crippen LogP) is 3.59. The number of halogens is 2. The van der Waals surface area contributed by atoms with Crippen molar-refractivity contribution < 1.29 is 14.6 Å². The maximum Gasteiger partial charge on any atom is 0.337 e. The van der Waals surface area contributed by atoms with E-state index in [-0.39, 0.29) is 16.7 Å². The number of hydrogen-bond acceptors (Lipinski definition) is 2. The lowest BCUT2D eigenvalue weighted by molar-refractivity contribution is 0.0697. The van der Waals surface area contributed by atoms with Crippen molar-refractivity contribution in [2.45, 2.75) is 20.0 Å². The second-order valence-electron chi connectivity index (χ2n) is 3.23. The van der Waals surface area contributed by atoms with Crippen molar-refractivity contribution in [3.8, 4) is 5.75 Å². The molecule has 5 heteroatoms. The number of rotatable bonds is 3. The van der Waals surface area contributed by atoms with Gasteiger partial charge >= 0.3 is 5.97 Å². The third-order valence-corrected chi connectivity index (χ3v) is 2.55. The summed E-state index contributed by atoms with van der Waals surface area (Å²) in [5, 5.41) is 8.98. The van der Waals surface area contributed by atoms with Gasteiger partial charge in [0.1, 0.15) is 5.75 Å². The molecule has 0 saturated carbocycles. The van der Waals surface area contributed by atoms with Crippen LogP contribution in [0, 0.1) is 0 Å². The molecule has 3 nitrogen and oxygen atoms in total. The van der Waals surface area contributed by atoms with E-state index in [1.807, 2.05) is 13.8 Å². The van der Waals surface area contributed by atoms with E-state index in [1.165, 1.54) is 12.1 Å². The standard InChI is InChI=1S/C10H10BrClO3/c1-5(2)15-9-4-8(12)6(10(13)14)3-7(9)11/h3-5H,1-2H3,(H,13,14). The Kier molecular flexibility index (Phi) is 3.99. The predicted molar refractivity (Wildman–Crippen MR) is 61.9 cm³/mol. The van der Waals surface area contributed by atoms with Gasteiger partial charge in [0.25, 0.3) is 0 Å². The molecule has 15 heavy (non-hydrogen) atoms. The van der Waals surface area contributed by atoms with Crippen molar-refractivity contribution in [1.29, 1.82) is 0 Å². The molecule has 0 amide bonds. The van der Waals surface area contributed by atoms with E-state index in [1.54, 1.807) is 0 Å². The summed E-state index contributed by atoms with van der Waals surface area (Å²) >= 11 is 9.03. The van der Waals surface area contributed by atoms with E-state index >= 15 is 0 Å². The zero-order valence-corrected chi connectivity index (χ0v) is 10.6. The molecule has 0 fully saturated rings. The highest BCUT2D eigenvalue weighted by Crippen LogP contribution is 2.32. The summed E-state index contributed by atoms with van der Waals surface area (Å²) in [4.78, 5) is 10.8. The average molecular weight is 294 g/mol. The maximum atomic E-state index is 10.8. The van der Waals surface area contributed by atoms with Crippen LogP contribution in [0.2, 0.25) is 5.02 Å².